The van der Waals surface area contributed by atoms with Gasteiger partial charge in [0.05, 0.1) is 11.4 Å². The molecule has 0 atom stereocenters. The largest absolute Gasteiger partial charge is 0.361 e. The molecule has 8 heteroatoms. The summed E-state index contributed by atoms with van der Waals surface area (Å²) in [7, 11) is -3.68. The van der Waals surface area contributed by atoms with Crippen LogP contribution in [0.2, 0.25) is 0 Å². The lowest BCUT2D eigenvalue weighted by Crippen LogP contribution is -2.14. The molecule has 3 rings (SSSR count). The molecule has 0 saturated heterocycles. The molecule has 3 aromatic heterocycles. The van der Waals surface area contributed by atoms with E-state index < -0.39 is 10.1 Å². The predicted molar refractivity (Wildman–Crippen MR) is 84.7 cm³/mol. The summed E-state index contributed by atoms with van der Waals surface area (Å²) in [5.41, 5.74) is 1.11. The maximum Gasteiger partial charge on any atom is 0.310 e. The van der Waals surface area contributed by atoms with Gasteiger partial charge in [-0.2, -0.15) is 18.2 Å². The van der Waals surface area contributed by atoms with Crippen LogP contribution in [0.25, 0.3) is 17.2 Å². The van der Waals surface area contributed by atoms with Crippen LogP contribution in [0.4, 0.5) is 0 Å². The normalized spacial score (nSPS) is 11.3. The van der Waals surface area contributed by atoms with Gasteiger partial charge in [-0.15, -0.1) is 0 Å². The van der Waals surface area contributed by atoms with E-state index in [-0.39, 0.29) is 11.6 Å². The highest BCUT2D eigenvalue weighted by Crippen LogP contribution is 2.25. The molecule has 0 radical (unpaired) electrons. The Kier molecular flexibility index (Phi) is 4.07. The minimum absolute atomic E-state index is 0.0752. The first-order valence-electron chi connectivity index (χ1n) is 6.94. The molecule has 0 spiro atoms. The summed E-state index contributed by atoms with van der Waals surface area (Å²) in [6.45, 7) is 1.51. The van der Waals surface area contributed by atoms with Gasteiger partial charge in [0.25, 0.3) is 0 Å². The van der Waals surface area contributed by atoms with Gasteiger partial charge < -0.3 is 4.18 Å². The summed E-state index contributed by atoms with van der Waals surface area (Å²) in [5, 5.41) is 4.37. The zero-order chi connectivity index (χ0) is 16.3. The first-order chi connectivity index (χ1) is 11.1. The van der Waals surface area contributed by atoms with Gasteiger partial charge >= 0.3 is 10.1 Å². The SMILES string of the molecule is CCS(=O)(=O)Oc1cc(-c2ccccn2)nn1-c1ccccn1. The van der Waals surface area contributed by atoms with Crippen molar-refractivity contribution in [2.75, 3.05) is 5.75 Å². The van der Waals surface area contributed by atoms with E-state index in [1.54, 1.807) is 42.7 Å². The van der Waals surface area contributed by atoms with E-state index in [0.29, 0.717) is 17.2 Å². The molecule has 3 heterocycles. The Morgan fingerprint density at radius 3 is 2.39 bits per heavy atom. The van der Waals surface area contributed by atoms with Crippen molar-refractivity contribution < 1.29 is 12.6 Å². The Morgan fingerprint density at radius 2 is 1.78 bits per heavy atom. The van der Waals surface area contributed by atoms with Gasteiger partial charge in [0.2, 0.25) is 5.88 Å². The number of rotatable bonds is 5. The van der Waals surface area contributed by atoms with Crippen molar-refractivity contribution in [1.82, 2.24) is 19.7 Å². The topological polar surface area (TPSA) is 87.0 Å². The molecule has 0 aliphatic heterocycles. The van der Waals surface area contributed by atoms with Crippen molar-refractivity contribution in [2.24, 2.45) is 0 Å². The van der Waals surface area contributed by atoms with Gasteiger partial charge in [-0.25, -0.2) is 4.98 Å². The van der Waals surface area contributed by atoms with Gasteiger partial charge in [0.15, 0.2) is 5.82 Å². The van der Waals surface area contributed by atoms with Crippen molar-refractivity contribution in [3.63, 3.8) is 0 Å². The summed E-state index contributed by atoms with van der Waals surface area (Å²) >= 11 is 0. The summed E-state index contributed by atoms with van der Waals surface area (Å²) in [5.74, 6) is 0.390. The van der Waals surface area contributed by atoms with Crippen LogP contribution in [-0.4, -0.2) is 33.9 Å². The van der Waals surface area contributed by atoms with Crippen LogP contribution in [0.5, 0.6) is 5.88 Å². The van der Waals surface area contributed by atoms with E-state index in [1.807, 2.05) is 6.07 Å². The van der Waals surface area contributed by atoms with Crippen molar-refractivity contribution in [3.8, 4) is 23.1 Å². The van der Waals surface area contributed by atoms with Crippen LogP contribution >= 0.6 is 0 Å². The van der Waals surface area contributed by atoms with Crippen molar-refractivity contribution in [3.05, 3.63) is 54.9 Å². The average Bonchev–Trinajstić information content (AvgIpc) is 2.99. The molecule has 0 bridgehead atoms. The molecule has 7 nitrogen and oxygen atoms in total. The van der Waals surface area contributed by atoms with Crippen LogP contribution < -0.4 is 4.18 Å². The molecular weight excluding hydrogens is 316 g/mol. The fourth-order valence-electron chi connectivity index (χ4n) is 1.89. The quantitative estimate of drug-likeness (QED) is 0.666. The molecule has 118 valence electrons. The zero-order valence-electron chi connectivity index (χ0n) is 12.3. The Morgan fingerprint density at radius 1 is 1.04 bits per heavy atom. The third-order valence-corrected chi connectivity index (χ3v) is 4.17. The van der Waals surface area contributed by atoms with Gasteiger partial charge in [-0.3, -0.25) is 4.98 Å². The molecule has 0 N–H and O–H groups in total. The zero-order valence-corrected chi connectivity index (χ0v) is 13.1. The molecule has 23 heavy (non-hydrogen) atoms. The maximum absolute atomic E-state index is 11.8. The van der Waals surface area contributed by atoms with Crippen LogP contribution in [0.3, 0.4) is 0 Å². The molecule has 0 fully saturated rings. The first kappa shape index (κ1) is 15.2. The second-order valence-corrected chi connectivity index (χ2v) is 6.47. The third kappa shape index (κ3) is 3.37. The minimum atomic E-state index is -3.68. The van der Waals surface area contributed by atoms with Gasteiger partial charge in [-0.05, 0) is 31.2 Å². The highest BCUT2D eigenvalue weighted by molar-refractivity contribution is 7.87. The van der Waals surface area contributed by atoms with Gasteiger partial charge in [0, 0.05) is 18.5 Å². The van der Waals surface area contributed by atoms with Gasteiger partial charge in [-0.1, -0.05) is 12.1 Å². The van der Waals surface area contributed by atoms with Crippen LogP contribution in [0.15, 0.2) is 54.9 Å². The lowest BCUT2D eigenvalue weighted by Gasteiger charge is -2.06. The average molecular weight is 330 g/mol. The molecule has 0 aliphatic carbocycles. The number of pyridine rings is 2. The summed E-state index contributed by atoms with van der Waals surface area (Å²) in [6, 6.07) is 12.2. The molecule has 0 amide bonds. The van der Waals surface area contributed by atoms with Crippen molar-refractivity contribution in [1.29, 1.82) is 0 Å². The Balaban J connectivity index is 2.11. The van der Waals surface area contributed by atoms with Crippen LogP contribution in [0, 0.1) is 0 Å². The molecule has 0 unspecified atom stereocenters. The lowest BCUT2D eigenvalue weighted by molar-refractivity contribution is 0.465. The summed E-state index contributed by atoms with van der Waals surface area (Å²) < 4.78 is 30.1. The number of hydrogen-bond acceptors (Lipinski definition) is 6. The van der Waals surface area contributed by atoms with Gasteiger partial charge in [0.1, 0.15) is 5.69 Å². The summed E-state index contributed by atoms with van der Waals surface area (Å²) in [6.07, 6.45) is 3.23. The second kappa shape index (κ2) is 6.17. The predicted octanol–water partition coefficient (Wildman–Crippen LogP) is 2.06. The van der Waals surface area contributed by atoms with E-state index in [1.165, 1.54) is 17.7 Å². The minimum Gasteiger partial charge on any atom is -0.361 e. The van der Waals surface area contributed by atoms with Crippen molar-refractivity contribution >= 4 is 10.1 Å². The van der Waals surface area contributed by atoms with E-state index in [4.69, 9.17) is 4.18 Å². The fourth-order valence-corrected chi connectivity index (χ4v) is 2.39. The maximum atomic E-state index is 11.8. The van der Waals surface area contributed by atoms with E-state index in [2.05, 4.69) is 15.1 Å². The van der Waals surface area contributed by atoms with Crippen LogP contribution in [-0.2, 0) is 10.1 Å². The van der Waals surface area contributed by atoms with Crippen molar-refractivity contribution in [2.45, 2.75) is 6.92 Å². The highest BCUT2D eigenvalue weighted by atomic mass is 32.2. The van der Waals surface area contributed by atoms with E-state index >= 15 is 0 Å². The standard InChI is InChI=1S/C15H14N4O3S/c1-2-23(20,21)22-15-11-13(12-7-3-5-9-16-12)18-19(15)14-8-4-6-10-17-14/h3-11H,2H2,1H3. The Bertz CT molecular complexity index is 893. The fraction of sp³-hybridized carbons (Fsp3) is 0.133. The first-order valence-corrected chi connectivity index (χ1v) is 8.52. The smallest absolute Gasteiger partial charge is 0.310 e. The number of nitrogens with zero attached hydrogens (tertiary/aromatic N) is 4. The molecule has 0 aromatic carbocycles. The van der Waals surface area contributed by atoms with Crippen LogP contribution in [0.1, 0.15) is 6.92 Å². The number of aromatic nitrogens is 4. The van der Waals surface area contributed by atoms with E-state index in [0.717, 1.165) is 0 Å². The molecule has 3 aromatic rings. The highest BCUT2D eigenvalue weighted by Gasteiger charge is 2.19. The molecular formula is C15H14N4O3S. The lowest BCUT2D eigenvalue weighted by atomic mass is 10.3. The van der Waals surface area contributed by atoms with E-state index in [9.17, 15) is 8.42 Å². The Labute approximate surface area is 133 Å². The third-order valence-electron chi connectivity index (χ3n) is 3.04. The molecule has 0 saturated carbocycles. The summed E-state index contributed by atoms with van der Waals surface area (Å²) in [4.78, 5) is 8.39. The molecule has 0 aliphatic rings. The Hall–Kier alpha value is -2.74. The monoisotopic (exact) mass is 330 g/mol. The number of hydrogen-bond donors (Lipinski definition) is 0. The second-order valence-electron chi connectivity index (χ2n) is 4.61.